The summed E-state index contributed by atoms with van der Waals surface area (Å²) in [6, 6.07) is 12.2. The van der Waals surface area contributed by atoms with E-state index in [2.05, 4.69) is 10.9 Å². The van der Waals surface area contributed by atoms with Crippen molar-refractivity contribution >= 4 is 17.8 Å². The molecule has 0 atom stereocenters. The second-order valence-corrected chi connectivity index (χ2v) is 4.67. The molecule has 0 saturated heterocycles. The minimum Gasteiger partial charge on any atom is -0.486 e. The average molecular weight is 332 g/mol. The molecule has 8 heteroatoms. The van der Waals surface area contributed by atoms with Crippen LogP contribution < -0.4 is 15.6 Å². The monoisotopic (exact) mass is 332 g/mol. The van der Waals surface area contributed by atoms with Gasteiger partial charge in [-0.15, -0.1) is 0 Å². The lowest BCUT2D eigenvalue weighted by atomic mass is 10.3. The Morgan fingerprint density at radius 3 is 2.50 bits per heavy atom. The fourth-order valence-electron chi connectivity index (χ4n) is 1.63. The van der Waals surface area contributed by atoms with Crippen molar-refractivity contribution in [2.24, 2.45) is 0 Å². The van der Waals surface area contributed by atoms with Crippen LogP contribution >= 0.6 is 0 Å². The van der Waals surface area contributed by atoms with Crippen molar-refractivity contribution < 1.29 is 28.3 Å². The third-order valence-electron chi connectivity index (χ3n) is 2.70. The average Bonchev–Trinajstić information content (AvgIpc) is 3.06. The summed E-state index contributed by atoms with van der Waals surface area (Å²) in [7, 11) is 0. The molecule has 2 aromatic rings. The van der Waals surface area contributed by atoms with Gasteiger partial charge >= 0.3 is 5.97 Å². The molecule has 2 amide bonds. The second kappa shape index (κ2) is 8.37. The number of para-hydroxylation sites is 1. The van der Waals surface area contributed by atoms with E-state index in [1.54, 1.807) is 18.2 Å². The van der Waals surface area contributed by atoms with Gasteiger partial charge in [0, 0.05) is 6.92 Å². The molecule has 0 aliphatic carbocycles. The largest absolute Gasteiger partial charge is 0.486 e. The number of carbonyl (C=O) groups is 3. The zero-order chi connectivity index (χ0) is 17.4. The number of hydrogen-bond acceptors (Lipinski definition) is 6. The van der Waals surface area contributed by atoms with E-state index in [1.165, 1.54) is 13.0 Å². The fourth-order valence-corrected chi connectivity index (χ4v) is 1.63. The van der Waals surface area contributed by atoms with Crippen LogP contribution in [0.3, 0.4) is 0 Å². The van der Waals surface area contributed by atoms with Crippen LogP contribution in [0.5, 0.6) is 5.75 Å². The highest BCUT2D eigenvalue weighted by Crippen LogP contribution is 2.14. The lowest BCUT2D eigenvalue weighted by molar-refractivity contribution is -0.129. The minimum atomic E-state index is -0.793. The van der Waals surface area contributed by atoms with E-state index in [1.807, 2.05) is 18.2 Å². The molecule has 1 heterocycles. The molecule has 2 N–H and O–H groups in total. The van der Waals surface area contributed by atoms with Crippen LogP contribution in [0.1, 0.15) is 23.2 Å². The van der Waals surface area contributed by atoms with Gasteiger partial charge in [-0.05, 0) is 24.3 Å². The summed E-state index contributed by atoms with van der Waals surface area (Å²) < 4.78 is 15.5. The highest BCUT2D eigenvalue weighted by atomic mass is 16.6. The quantitative estimate of drug-likeness (QED) is 0.608. The number of furan rings is 1. The molecule has 24 heavy (non-hydrogen) atoms. The lowest BCUT2D eigenvalue weighted by Gasteiger charge is -2.05. The number of hydrazine groups is 1. The maximum atomic E-state index is 11.8. The molecule has 0 aliphatic rings. The molecule has 0 bridgehead atoms. The predicted molar refractivity (Wildman–Crippen MR) is 81.7 cm³/mol. The van der Waals surface area contributed by atoms with Gasteiger partial charge in [0.15, 0.2) is 6.61 Å². The Labute approximate surface area is 137 Å². The van der Waals surface area contributed by atoms with E-state index >= 15 is 0 Å². The summed E-state index contributed by atoms with van der Waals surface area (Å²) in [5.74, 6) is -0.837. The van der Waals surface area contributed by atoms with Crippen LogP contribution in [0.15, 0.2) is 46.9 Å². The first-order valence-corrected chi connectivity index (χ1v) is 7.03. The van der Waals surface area contributed by atoms with Crippen molar-refractivity contribution in [1.29, 1.82) is 0 Å². The Kier molecular flexibility index (Phi) is 5.95. The molecule has 1 aromatic heterocycles. The molecular formula is C16H16N2O6. The maximum Gasteiger partial charge on any atom is 0.374 e. The van der Waals surface area contributed by atoms with E-state index in [9.17, 15) is 14.4 Å². The molecule has 0 radical (unpaired) electrons. The highest BCUT2D eigenvalue weighted by Gasteiger charge is 2.15. The standard InChI is InChI=1S/C16H16N2O6/c1-11(19)17-18-15(20)10-23-16(21)14-8-7-13(24-14)9-22-12-5-3-2-4-6-12/h2-8H,9-10H2,1H3,(H,17,19)(H,18,20). The number of benzene rings is 1. The molecule has 0 aliphatic heterocycles. The number of rotatable bonds is 6. The van der Waals surface area contributed by atoms with Crippen molar-refractivity contribution in [3.05, 3.63) is 54.0 Å². The van der Waals surface area contributed by atoms with Crippen LogP contribution in [0.2, 0.25) is 0 Å². The van der Waals surface area contributed by atoms with Crippen molar-refractivity contribution in [1.82, 2.24) is 10.9 Å². The van der Waals surface area contributed by atoms with Gasteiger partial charge in [-0.25, -0.2) is 4.79 Å². The van der Waals surface area contributed by atoms with Gasteiger partial charge in [0.05, 0.1) is 0 Å². The third-order valence-corrected chi connectivity index (χ3v) is 2.70. The summed E-state index contributed by atoms with van der Waals surface area (Å²) in [4.78, 5) is 33.7. The van der Waals surface area contributed by atoms with Crippen LogP contribution in [0, 0.1) is 0 Å². The smallest absolute Gasteiger partial charge is 0.374 e. The molecule has 0 spiro atoms. The highest BCUT2D eigenvalue weighted by molar-refractivity contribution is 5.89. The topological polar surface area (TPSA) is 107 Å². The number of esters is 1. The van der Waals surface area contributed by atoms with Crippen LogP contribution in [-0.4, -0.2) is 24.4 Å². The zero-order valence-corrected chi connectivity index (χ0v) is 12.9. The van der Waals surface area contributed by atoms with Crippen molar-refractivity contribution in [2.45, 2.75) is 13.5 Å². The number of hydrogen-bond donors (Lipinski definition) is 2. The summed E-state index contributed by atoms with van der Waals surface area (Å²) >= 11 is 0. The Morgan fingerprint density at radius 1 is 1.04 bits per heavy atom. The van der Waals surface area contributed by atoms with Crippen LogP contribution in [-0.2, 0) is 20.9 Å². The number of amides is 2. The lowest BCUT2D eigenvalue weighted by Crippen LogP contribution is -2.42. The maximum absolute atomic E-state index is 11.8. The zero-order valence-electron chi connectivity index (χ0n) is 12.9. The Bertz CT molecular complexity index is 710. The van der Waals surface area contributed by atoms with Gasteiger partial charge < -0.3 is 13.9 Å². The van der Waals surface area contributed by atoms with Gasteiger partial charge in [-0.2, -0.15) is 0 Å². The number of carbonyl (C=O) groups excluding carboxylic acids is 3. The van der Waals surface area contributed by atoms with Gasteiger partial charge in [0.25, 0.3) is 5.91 Å². The summed E-state index contributed by atoms with van der Waals surface area (Å²) in [5.41, 5.74) is 4.14. The van der Waals surface area contributed by atoms with Crippen molar-refractivity contribution in [2.75, 3.05) is 6.61 Å². The Balaban J connectivity index is 1.78. The summed E-state index contributed by atoms with van der Waals surface area (Å²) in [5, 5.41) is 0. The third kappa shape index (κ3) is 5.48. The van der Waals surface area contributed by atoms with E-state index in [0.717, 1.165) is 0 Å². The van der Waals surface area contributed by atoms with Crippen LogP contribution in [0.4, 0.5) is 0 Å². The van der Waals surface area contributed by atoms with Gasteiger partial charge in [0.1, 0.15) is 18.1 Å². The molecule has 1 aromatic carbocycles. The van der Waals surface area contributed by atoms with Crippen LogP contribution in [0.25, 0.3) is 0 Å². The first-order chi connectivity index (χ1) is 11.5. The van der Waals surface area contributed by atoms with E-state index in [0.29, 0.717) is 11.5 Å². The number of nitrogens with one attached hydrogen (secondary N) is 2. The second-order valence-electron chi connectivity index (χ2n) is 4.67. The van der Waals surface area contributed by atoms with E-state index < -0.39 is 24.4 Å². The van der Waals surface area contributed by atoms with Gasteiger partial charge in [-0.3, -0.25) is 20.4 Å². The summed E-state index contributed by atoms with van der Waals surface area (Å²) in [6.45, 7) is 0.837. The Morgan fingerprint density at radius 2 is 1.79 bits per heavy atom. The fraction of sp³-hybridized carbons (Fsp3) is 0.188. The molecule has 2 rings (SSSR count). The first kappa shape index (κ1) is 17.1. The van der Waals surface area contributed by atoms with E-state index in [4.69, 9.17) is 13.9 Å². The molecule has 126 valence electrons. The minimum absolute atomic E-state index is 0.0472. The molecule has 8 nitrogen and oxygen atoms in total. The van der Waals surface area contributed by atoms with E-state index in [-0.39, 0.29) is 12.4 Å². The van der Waals surface area contributed by atoms with Crippen molar-refractivity contribution in [3.63, 3.8) is 0 Å². The molecular weight excluding hydrogens is 316 g/mol. The SMILES string of the molecule is CC(=O)NNC(=O)COC(=O)c1ccc(COc2ccccc2)o1. The molecule has 0 unspecified atom stereocenters. The van der Waals surface area contributed by atoms with Gasteiger partial charge in [0.2, 0.25) is 11.7 Å². The normalized spacial score (nSPS) is 9.88. The first-order valence-electron chi connectivity index (χ1n) is 7.03. The van der Waals surface area contributed by atoms with Crippen molar-refractivity contribution in [3.8, 4) is 5.75 Å². The summed E-state index contributed by atoms with van der Waals surface area (Å²) in [6.07, 6.45) is 0. The van der Waals surface area contributed by atoms with Gasteiger partial charge in [-0.1, -0.05) is 18.2 Å². The predicted octanol–water partition coefficient (Wildman–Crippen LogP) is 1.18. The molecule has 0 fully saturated rings. The number of ether oxygens (including phenoxy) is 2. The molecule has 0 saturated carbocycles. The Hall–Kier alpha value is -3.29.